The van der Waals surface area contributed by atoms with Crippen LogP contribution in [0.2, 0.25) is 0 Å². The van der Waals surface area contributed by atoms with Gasteiger partial charge in [-0.3, -0.25) is 9.78 Å². The summed E-state index contributed by atoms with van der Waals surface area (Å²) in [7, 11) is 0. The van der Waals surface area contributed by atoms with Crippen LogP contribution in [0.25, 0.3) is 0 Å². The highest BCUT2D eigenvalue weighted by Gasteiger charge is 1.91. The lowest BCUT2D eigenvalue weighted by Gasteiger charge is -1.91. The molecule has 1 aromatic rings. The summed E-state index contributed by atoms with van der Waals surface area (Å²) in [6.45, 7) is 0. The Labute approximate surface area is 67.5 Å². The topological polar surface area (TPSA) is 72.4 Å². The molecular formula is C6H5N3OS. The van der Waals surface area contributed by atoms with Gasteiger partial charge in [-0.15, -0.1) is 0 Å². The van der Waals surface area contributed by atoms with E-state index < -0.39 is 0 Å². The van der Waals surface area contributed by atoms with Gasteiger partial charge < -0.3 is 4.98 Å². The number of aromatic amines is 2. The lowest BCUT2D eigenvalue weighted by atomic mass is 10.3. The van der Waals surface area contributed by atoms with Crippen LogP contribution in [0.15, 0.2) is 10.9 Å². The molecule has 4 nitrogen and oxygen atoms in total. The molecule has 0 atom stereocenters. The molecule has 0 radical (unpaired) electrons. The number of hydrogen-bond acceptors (Lipinski definition) is 3. The first-order chi connectivity index (χ1) is 5.22. The van der Waals surface area contributed by atoms with E-state index in [-0.39, 0.29) is 16.8 Å². The van der Waals surface area contributed by atoms with Gasteiger partial charge in [0.25, 0.3) is 5.56 Å². The lowest BCUT2D eigenvalue weighted by molar-refractivity contribution is 1.00. The second-order valence-corrected chi connectivity index (χ2v) is 2.36. The fourth-order valence-electron chi connectivity index (χ4n) is 0.700. The van der Waals surface area contributed by atoms with Gasteiger partial charge in [0.1, 0.15) is 0 Å². The van der Waals surface area contributed by atoms with E-state index in [9.17, 15) is 4.79 Å². The summed E-state index contributed by atoms with van der Waals surface area (Å²) >= 11 is 4.68. The van der Waals surface area contributed by atoms with Gasteiger partial charge >= 0.3 is 0 Å². The van der Waals surface area contributed by atoms with Crippen molar-refractivity contribution in [1.82, 2.24) is 9.97 Å². The normalized spacial score (nSPS) is 9.00. The number of rotatable bonds is 1. The highest BCUT2D eigenvalue weighted by Crippen LogP contribution is 1.87. The lowest BCUT2D eigenvalue weighted by Crippen LogP contribution is -2.07. The molecule has 0 aliphatic rings. The van der Waals surface area contributed by atoms with Crippen molar-refractivity contribution in [1.29, 1.82) is 5.26 Å². The van der Waals surface area contributed by atoms with Crippen molar-refractivity contribution in [2.45, 2.75) is 6.42 Å². The fourth-order valence-corrected chi connectivity index (χ4v) is 0.931. The Morgan fingerprint density at radius 3 is 2.91 bits per heavy atom. The highest BCUT2D eigenvalue weighted by atomic mass is 32.1. The maximum absolute atomic E-state index is 10.7. The third-order valence-corrected chi connectivity index (χ3v) is 1.29. The van der Waals surface area contributed by atoms with E-state index in [0.717, 1.165) is 0 Å². The van der Waals surface area contributed by atoms with Crippen LogP contribution in [0.4, 0.5) is 0 Å². The zero-order valence-electron chi connectivity index (χ0n) is 5.55. The average Bonchev–Trinajstić information content (AvgIpc) is 1.85. The minimum Gasteiger partial charge on any atom is -0.335 e. The highest BCUT2D eigenvalue weighted by molar-refractivity contribution is 7.71. The largest absolute Gasteiger partial charge is 0.335 e. The Bertz CT molecular complexity index is 369. The molecular weight excluding hydrogens is 162 g/mol. The molecule has 2 N–H and O–H groups in total. The Hall–Kier alpha value is -1.41. The minimum absolute atomic E-state index is 0.174. The third-order valence-electron chi connectivity index (χ3n) is 1.09. The van der Waals surface area contributed by atoms with Gasteiger partial charge in [0.15, 0.2) is 4.77 Å². The second-order valence-electron chi connectivity index (χ2n) is 1.95. The molecule has 0 aliphatic carbocycles. The van der Waals surface area contributed by atoms with Crippen LogP contribution >= 0.6 is 12.2 Å². The maximum Gasteiger partial charge on any atom is 0.251 e. The first-order valence-corrected chi connectivity index (χ1v) is 3.32. The summed E-state index contributed by atoms with van der Waals surface area (Å²) in [5, 5.41) is 8.29. The van der Waals surface area contributed by atoms with Gasteiger partial charge in [0, 0.05) is 11.8 Å². The maximum atomic E-state index is 10.7. The summed E-state index contributed by atoms with van der Waals surface area (Å²) in [5.74, 6) is 0. The van der Waals surface area contributed by atoms with E-state index in [0.29, 0.717) is 5.69 Å². The number of nitrogens with one attached hydrogen (secondary N) is 2. The smallest absolute Gasteiger partial charge is 0.251 e. The Morgan fingerprint density at radius 1 is 1.64 bits per heavy atom. The van der Waals surface area contributed by atoms with Crippen molar-refractivity contribution >= 4 is 12.2 Å². The molecule has 0 aliphatic heterocycles. The van der Waals surface area contributed by atoms with Gasteiger partial charge in [-0.25, -0.2) is 0 Å². The van der Waals surface area contributed by atoms with Crippen molar-refractivity contribution in [3.8, 4) is 6.07 Å². The van der Waals surface area contributed by atoms with Gasteiger partial charge in [-0.1, -0.05) is 0 Å². The van der Waals surface area contributed by atoms with Crippen molar-refractivity contribution in [2.75, 3.05) is 0 Å². The van der Waals surface area contributed by atoms with Crippen LogP contribution in [-0.4, -0.2) is 9.97 Å². The number of hydrogen-bond donors (Lipinski definition) is 2. The predicted molar refractivity (Wildman–Crippen MR) is 41.6 cm³/mol. The van der Waals surface area contributed by atoms with Crippen LogP contribution in [0, 0.1) is 16.1 Å². The van der Waals surface area contributed by atoms with Crippen LogP contribution in [-0.2, 0) is 6.42 Å². The SMILES string of the molecule is N#CCc1cc(=O)[nH]c(=S)[nH]1. The summed E-state index contributed by atoms with van der Waals surface area (Å²) < 4.78 is 0.253. The number of nitrogens with zero attached hydrogens (tertiary/aromatic N) is 1. The van der Waals surface area contributed by atoms with Crippen molar-refractivity contribution in [2.24, 2.45) is 0 Å². The van der Waals surface area contributed by atoms with E-state index in [1.165, 1.54) is 6.07 Å². The molecule has 0 bridgehead atoms. The van der Waals surface area contributed by atoms with Gasteiger partial charge in [-0.05, 0) is 12.2 Å². The van der Waals surface area contributed by atoms with E-state index in [1.807, 2.05) is 6.07 Å². The van der Waals surface area contributed by atoms with Crippen molar-refractivity contribution < 1.29 is 0 Å². The van der Waals surface area contributed by atoms with Gasteiger partial charge in [0.2, 0.25) is 0 Å². The van der Waals surface area contributed by atoms with Crippen LogP contribution < -0.4 is 5.56 Å². The van der Waals surface area contributed by atoms with Crippen LogP contribution in [0.3, 0.4) is 0 Å². The molecule has 0 saturated heterocycles. The standard InChI is InChI=1S/C6H5N3OS/c7-2-1-4-3-5(10)9-6(11)8-4/h3H,1H2,(H2,8,9,10,11). The van der Waals surface area contributed by atoms with E-state index >= 15 is 0 Å². The predicted octanol–water partition coefficient (Wildman–Crippen LogP) is 0.499. The third kappa shape index (κ3) is 2.02. The van der Waals surface area contributed by atoms with E-state index in [2.05, 4.69) is 22.2 Å². The summed E-state index contributed by atoms with van der Waals surface area (Å²) in [6, 6.07) is 3.23. The molecule has 0 saturated carbocycles. The molecule has 0 fully saturated rings. The molecule has 0 unspecified atom stereocenters. The van der Waals surface area contributed by atoms with Gasteiger partial charge in [-0.2, -0.15) is 5.26 Å². The number of aromatic nitrogens is 2. The molecule has 56 valence electrons. The Kier molecular flexibility index (Phi) is 2.18. The quantitative estimate of drug-likeness (QED) is 0.598. The molecule has 0 spiro atoms. The van der Waals surface area contributed by atoms with Gasteiger partial charge in [0.05, 0.1) is 12.5 Å². The summed E-state index contributed by atoms with van der Waals surface area (Å²) in [4.78, 5) is 15.8. The Morgan fingerprint density at radius 2 is 2.36 bits per heavy atom. The fraction of sp³-hybridized carbons (Fsp3) is 0.167. The zero-order chi connectivity index (χ0) is 8.27. The van der Waals surface area contributed by atoms with Crippen molar-refractivity contribution in [3.63, 3.8) is 0 Å². The van der Waals surface area contributed by atoms with E-state index in [4.69, 9.17) is 5.26 Å². The monoisotopic (exact) mass is 167 g/mol. The molecule has 0 aromatic carbocycles. The second kappa shape index (κ2) is 3.12. The van der Waals surface area contributed by atoms with E-state index in [1.54, 1.807) is 0 Å². The molecule has 1 heterocycles. The summed E-state index contributed by atoms with van der Waals surface area (Å²) in [5.41, 5.74) is 0.264. The summed E-state index contributed by atoms with van der Waals surface area (Å²) in [6.07, 6.45) is 0.174. The molecule has 1 aromatic heterocycles. The molecule has 11 heavy (non-hydrogen) atoms. The molecule has 0 amide bonds. The van der Waals surface area contributed by atoms with Crippen molar-refractivity contribution in [3.05, 3.63) is 26.9 Å². The van der Waals surface area contributed by atoms with Crippen LogP contribution in [0.1, 0.15) is 5.69 Å². The molecule has 1 rings (SSSR count). The van der Waals surface area contributed by atoms with Crippen LogP contribution in [0.5, 0.6) is 0 Å². The molecule has 5 heteroatoms. The first kappa shape index (κ1) is 7.69. The number of nitriles is 1. The average molecular weight is 167 g/mol. The Balaban J connectivity index is 3.22. The number of H-pyrrole nitrogens is 2. The first-order valence-electron chi connectivity index (χ1n) is 2.92. The minimum atomic E-state index is -0.279. The zero-order valence-corrected chi connectivity index (χ0v) is 6.36.